The van der Waals surface area contributed by atoms with Crippen LogP contribution in [0.15, 0.2) is 61.1 Å². The van der Waals surface area contributed by atoms with Crippen molar-refractivity contribution in [2.45, 2.75) is 12.4 Å². The van der Waals surface area contributed by atoms with E-state index in [4.69, 9.17) is 0 Å². The van der Waals surface area contributed by atoms with Gasteiger partial charge in [0.1, 0.15) is 5.69 Å². The van der Waals surface area contributed by atoms with Crippen LogP contribution in [0.5, 0.6) is 0 Å². The molecule has 4 nitrogen and oxygen atoms in total. The van der Waals surface area contributed by atoms with Crippen molar-refractivity contribution in [2.24, 2.45) is 0 Å². The van der Waals surface area contributed by atoms with Crippen LogP contribution >= 0.6 is 0 Å². The Morgan fingerprint density at radius 1 is 0.931 bits per heavy atom. The van der Waals surface area contributed by atoms with Crippen molar-refractivity contribution in [3.8, 4) is 0 Å². The first-order valence-electron chi connectivity index (χ1n) is 8.37. The highest BCUT2D eigenvalue weighted by atomic mass is 19.4. The van der Waals surface area contributed by atoms with E-state index in [0.717, 1.165) is 12.1 Å². The van der Waals surface area contributed by atoms with E-state index in [0.29, 0.717) is 5.69 Å². The first-order chi connectivity index (χ1) is 13.7. The Morgan fingerprint density at radius 2 is 1.66 bits per heavy atom. The minimum atomic E-state index is -4.73. The number of nitrogens with zero attached hydrogens (tertiary/aromatic N) is 4. The SMILES string of the molecule is FC(F)(F)c1ccc(N2CC=CC=C2c2c(C(F)(F)F)nc3cnccn23)cc1. The summed E-state index contributed by atoms with van der Waals surface area (Å²) >= 11 is 0. The Kier molecular flexibility index (Phi) is 4.36. The molecule has 1 aliphatic heterocycles. The molecule has 0 fully saturated rings. The second-order valence-corrected chi connectivity index (χ2v) is 6.25. The molecule has 10 heteroatoms. The Balaban J connectivity index is 1.86. The standard InChI is InChI=1S/C19H12F6N4/c20-18(21,22)12-4-6-13(7-5-12)28-9-2-1-3-14(28)16-17(19(23,24)25)27-15-11-26-8-10-29(15)16/h1-8,10-11H,9H2. The van der Waals surface area contributed by atoms with Gasteiger partial charge in [-0.2, -0.15) is 26.3 Å². The van der Waals surface area contributed by atoms with E-state index in [9.17, 15) is 26.3 Å². The quantitative estimate of drug-likeness (QED) is 0.546. The molecule has 4 rings (SSSR count). The summed E-state index contributed by atoms with van der Waals surface area (Å²) in [6.45, 7) is 0.187. The Hall–Kier alpha value is -3.30. The number of hydrogen-bond acceptors (Lipinski definition) is 3. The maximum absolute atomic E-state index is 13.7. The zero-order chi connectivity index (χ0) is 20.8. The number of hydrogen-bond donors (Lipinski definition) is 0. The fraction of sp³-hybridized carbons (Fsp3) is 0.158. The molecular weight excluding hydrogens is 398 g/mol. The van der Waals surface area contributed by atoms with E-state index >= 15 is 0 Å². The third kappa shape index (κ3) is 3.45. The first-order valence-corrected chi connectivity index (χ1v) is 8.37. The van der Waals surface area contributed by atoms with Gasteiger partial charge in [-0.3, -0.25) is 9.38 Å². The van der Waals surface area contributed by atoms with Crippen molar-refractivity contribution in [3.63, 3.8) is 0 Å². The van der Waals surface area contributed by atoms with Gasteiger partial charge in [-0.15, -0.1) is 0 Å². The van der Waals surface area contributed by atoms with Crippen molar-refractivity contribution in [2.75, 3.05) is 11.4 Å². The molecule has 3 aromatic rings. The average molecular weight is 410 g/mol. The van der Waals surface area contributed by atoms with Crippen LogP contribution < -0.4 is 4.90 Å². The lowest BCUT2D eigenvalue weighted by Crippen LogP contribution is -2.26. The van der Waals surface area contributed by atoms with Gasteiger partial charge in [0.05, 0.1) is 17.5 Å². The number of halogens is 6. The summed E-state index contributed by atoms with van der Waals surface area (Å²) in [5, 5.41) is 0. The maximum Gasteiger partial charge on any atom is 0.435 e. The van der Waals surface area contributed by atoms with E-state index in [-0.39, 0.29) is 23.6 Å². The monoisotopic (exact) mass is 410 g/mol. The minimum Gasteiger partial charge on any atom is -0.336 e. The molecule has 0 bridgehead atoms. The first kappa shape index (κ1) is 19.0. The molecule has 0 atom stereocenters. The van der Waals surface area contributed by atoms with Crippen molar-refractivity contribution in [3.05, 3.63) is 78.0 Å². The van der Waals surface area contributed by atoms with Crippen LogP contribution in [-0.4, -0.2) is 20.9 Å². The molecule has 1 aromatic carbocycles. The van der Waals surface area contributed by atoms with Gasteiger partial charge in [0, 0.05) is 24.6 Å². The van der Waals surface area contributed by atoms with Gasteiger partial charge < -0.3 is 4.90 Å². The van der Waals surface area contributed by atoms with Gasteiger partial charge in [0.2, 0.25) is 0 Å². The normalized spacial score (nSPS) is 15.1. The van der Waals surface area contributed by atoms with Crippen LogP contribution in [0.3, 0.4) is 0 Å². The summed E-state index contributed by atoms with van der Waals surface area (Å²) in [6.07, 6.45) is -0.570. The number of alkyl halides is 6. The largest absolute Gasteiger partial charge is 0.435 e. The molecule has 0 radical (unpaired) electrons. The topological polar surface area (TPSA) is 33.4 Å². The van der Waals surface area contributed by atoms with Crippen molar-refractivity contribution < 1.29 is 26.3 Å². The lowest BCUT2D eigenvalue weighted by molar-refractivity contribution is -0.141. The van der Waals surface area contributed by atoms with Crippen LogP contribution in [0.25, 0.3) is 11.3 Å². The summed E-state index contributed by atoms with van der Waals surface area (Å²) in [5.74, 6) is 0. The Morgan fingerprint density at radius 3 is 2.31 bits per heavy atom. The highest BCUT2D eigenvalue weighted by Crippen LogP contribution is 2.39. The predicted octanol–water partition coefficient (Wildman–Crippen LogP) is 5.18. The predicted molar refractivity (Wildman–Crippen MR) is 93.9 cm³/mol. The molecular formula is C19H12F6N4. The third-order valence-electron chi connectivity index (χ3n) is 4.42. The zero-order valence-electron chi connectivity index (χ0n) is 14.5. The second-order valence-electron chi connectivity index (χ2n) is 6.25. The molecule has 0 saturated heterocycles. The second kappa shape index (κ2) is 6.64. The van der Waals surface area contributed by atoms with Crippen LogP contribution in [0, 0.1) is 0 Å². The van der Waals surface area contributed by atoms with E-state index < -0.39 is 23.6 Å². The van der Waals surface area contributed by atoms with Gasteiger partial charge >= 0.3 is 12.4 Å². The molecule has 1 aliphatic rings. The van der Waals surface area contributed by atoms with E-state index in [1.807, 2.05) is 0 Å². The summed E-state index contributed by atoms with van der Waals surface area (Å²) < 4.78 is 80.8. The number of anilines is 1. The maximum atomic E-state index is 13.7. The van der Waals surface area contributed by atoms with Crippen molar-refractivity contribution >= 4 is 17.0 Å². The molecule has 0 saturated carbocycles. The number of aromatic nitrogens is 3. The summed E-state index contributed by atoms with van der Waals surface area (Å²) in [7, 11) is 0. The molecule has 0 N–H and O–H groups in total. The van der Waals surface area contributed by atoms with Gasteiger partial charge in [-0.05, 0) is 30.3 Å². The van der Waals surface area contributed by atoms with Crippen LogP contribution in [0.4, 0.5) is 32.0 Å². The van der Waals surface area contributed by atoms with Gasteiger partial charge in [-0.1, -0.05) is 12.2 Å². The molecule has 0 aliphatic carbocycles. The van der Waals surface area contributed by atoms with E-state index in [1.165, 1.54) is 46.1 Å². The molecule has 0 amide bonds. The fourth-order valence-corrected chi connectivity index (χ4v) is 3.14. The zero-order valence-corrected chi connectivity index (χ0v) is 14.5. The molecule has 29 heavy (non-hydrogen) atoms. The lowest BCUT2D eigenvalue weighted by atomic mass is 10.1. The third-order valence-corrected chi connectivity index (χ3v) is 4.42. The summed E-state index contributed by atoms with van der Waals surface area (Å²) in [6, 6.07) is 4.25. The van der Waals surface area contributed by atoms with Crippen LogP contribution in [0.2, 0.25) is 0 Å². The Bertz CT molecular complexity index is 1110. The fourth-order valence-electron chi connectivity index (χ4n) is 3.14. The molecule has 150 valence electrons. The van der Waals surface area contributed by atoms with Crippen LogP contribution in [0.1, 0.15) is 17.0 Å². The number of allylic oxidation sites excluding steroid dienone is 2. The number of imidazole rings is 1. The Labute approximate surface area is 160 Å². The van der Waals surface area contributed by atoms with Gasteiger partial charge in [0.25, 0.3) is 0 Å². The number of rotatable bonds is 2. The van der Waals surface area contributed by atoms with Gasteiger partial charge in [0.15, 0.2) is 11.3 Å². The molecule has 0 spiro atoms. The minimum absolute atomic E-state index is 0.0117. The van der Waals surface area contributed by atoms with Crippen molar-refractivity contribution in [1.29, 1.82) is 0 Å². The van der Waals surface area contributed by atoms with Crippen molar-refractivity contribution in [1.82, 2.24) is 14.4 Å². The van der Waals surface area contributed by atoms with E-state index in [1.54, 1.807) is 12.2 Å². The number of fused-ring (bicyclic) bond motifs is 1. The summed E-state index contributed by atoms with van der Waals surface area (Å²) in [5.41, 5.74) is -1.64. The molecule has 0 unspecified atom stereocenters. The highest BCUT2D eigenvalue weighted by Gasteiger charge is 2.40. The van der Waals surface area contributed by atoms with Gasteiger partial charge in [-0.25, -0.2) is 4.98 Å². The lowest BCUT2D eigenvalue weighted by Gasteiger charge is -2.29. The van der Waals surface area contributed by atoms with Crippen LogP contribution in [-0.2, 0) is 12.4 Å². The number of benzene rings is 1. The average Bonchev–Trinajstić information content (AvgIpc) is 3.07. The van der Waals surface area contributed by atoms with E-state index in [2.05, 4.69) is 9.97 Å². The molecule has 2 aromatic heterocycles. The molecule has 3 heterocycles. The summed E-state index contributed by atoms with van der Waals surface area (Å²) in [4.78, 5) is 8.97. The highest BCUT2D eigenvalue weighted by molar-refractivity contribution is 5.82. The smallest absolute Gasteiger partial charge is 0.336 e.